The second-order valence-electron chi connectivity index (χ2n) is 4.93. The van der Waals surface area contributed by atoms with E-state index in [0.29, 0.717) is 5.56 Å². The van der Waals surface area contributed by atoms with Crippen LogP contribution in [0.1, 0.15) is 17.2 Å². The van der Waals surface area contributed by atoms with E-state index >= 15 is 0 Å². The molecule has 0 amide bonds. The number of nitrogens with one attached hydrogen (secondary N) is 1. The Bertz CT molecular complexity index is 796. The van der Waals surface area contributed by atoms with E-state index in [1.165, 1.54) is 25.4 Å². The minimum Gasteiger partial charge on any atom is -0.379 e. The summed E-state index contributed by atoms with van der Waals surface area (Å²) in [5.41, 5.74) is -0.155. The lowest BCUT2D eigenvalue weighted by molar-refractivity contribution is -0.206. The third-order valence-corrected chi connectivity index (χ3v) is 4.67. The molecule has 6 nitrogen and oxygen atoms in total. The van der Waals surface area contributed by atoms with Crippen LogP contribution in [0.5, 0.6) is 0 Å². The highest BCUT2D eigenvalue weighted by Crippen LogP contribution is 2.33. The van der Waals surface area contributed by atoms with Crippen LogP contribution < -0.4 is 4.72 Å². The zero-order chi connectivity index (χ0) is 17.4. The van der Waals surface area contributed by atoms with Gasteiger partial charge in [-0.15, -0.1) is 0 Å². The molecule has 1 heterocycles. The molecule has 2 aromatic rings. The van der Waals surface area contributed by atoms with E-state index in [0.717, 1.165) is 16.8 Å². The first-order chi connectivity index (χ1) is 10.5. The number of sulfonamides is 1. The number of aryl methyl sites for hydroxylation is 2. The van der Waals surface area contributed by atoms with Gasteiger partial charge in [-0.05, 0) is 24.6 Å². The van der Waals surface area contributed by atoms with Crippen molar-refractivity contribution in [2.45, 2.75) is 24.2 Å². The minimum absolute atomic E-state index is 0.0913. The lowest BCUT2D eigenvalue weighted by Gasteiger charge is -2.16. The second kappa shape index (κ2) is 5.85. The van der Waals surface area contributed by atoms with Gasteiger partial charge in [-0.25, -0.2) is 0 Å². The van der Waals surface area contributed by atoms with Crippen LogP contribution in [0.25, 0.3) is 0 Å². The molecule has 0 radical (unpaired) electrons. The summed E-state index contributed by atoms with van der Waals surface area (Å²) in [6, 6.07) is 4.50. The number of alkyl halides is 3. The van der Waals surface area contributed by atoms with Crippen molar-refractivity contribution in [1.82, 2.24) is 9.78 Å². The molecule has 1 aromatic carbocycles. The number of nitrogens with zero attached hydrogens (tertiary/aromatic N) is 2. The zero-order valence-corrected chi connectivity index (χ0v) is 13.0. The van der Waals surface area contributed by atoms with E-state index in [4.69, 9.17) is 0 Å². The van der Waals surface area contributed by atoms with Gasteiger partial charge in [0.15, 0.2) is 11.1 Å². The van der Waals surface area contributed by atoms with Crippen molar-refractivity contribution < 1.29 is 26.7 Å². The van der Waals surface area contributed by atoms with Crippen LogP contribution in [0.4, 0.5) is 18.9 Å². The Morgan fingerprint density at radius 2 is 2.00 bits per heavy atom. The van der Waals surface area contributed by atoms with E-state index in [2.05, 4.69) is 9.82 Å². The molecule has 1 atom stereocenters. The van der Waals surface area contributed by atoms with Crippen LogP contribution in [-0.4, -0.2) is 29.5 Å². The maximum Gasteiger partial charge on any atom is 0.418 e. The molecule has 0 aliphatic heterocycles. The monoisotopic (exact) mass is 349 g/mol. The van der Waals surface area contributed by atoms with E-state index in [1.807, 2.05) is 0 Å². The number of benzene rings is 1. The van der Waals surface area contributed by atoms with Crippen molar-refractivity contribution in [3.05, 3.63) is 41.6 Å². The van der Waals surface area contributed by atoms with Gasteiger partial charge >= 0.3 is 6.18 Å². The molecule has 1 unspecified atom stereocenters. The topological polar surface area (TPSA) is 84.2 Å². The fourth-order valence-electron chi connectivity index (χ4n) is 2.09. The summed E-state index contributed by atoms with van der Waals surface area (Å²) in [5.74, 6) is 0. The number of halogens is 3. The third-order valence-electron chi connectivity index (χ3n) is 3.08. The van der Waals surface area contributed by atoms with Crippen LogP contribution >= 0.6 is 0 Å². The predicted octanol–water partition coefficient (Wildman–Crippen LogP) is 2.13. The Labute approximate surface area is 130 Å². The maximum atomic E-state index is 12.5. The Kier molecular flexibility index (Phi) is 4.40. The Hall–Kier alpha value is -2.07. The number of hydrogen-bond acceptors (Lipinski definition) is 4. The molecular weight excluding hydrogens is 335 g/mol. The van der Waals surface area contributed by atoms with Gasteiger partial charge in [-0.3, -0.25) is 9.40 Å². The van der Waals surface area contributed by atoms with E-state index in [9.17, 15) is 26.7 Å². The normalized spacial score (nSPS) is 13.8. The van der Waals surface area contributed by atoms with Crippen molar-refractivity contribution in [3.8, 4) is 0 Å². The third kappa shape index (κ3) is 3.64. The molecule has 126 valence electrons. The number of hydrogen-bond donors (Lipinski definition) is 2. The van der Waals surface area contributed by atoms with E-state index < -0.39 is 27.9 Å². The van der Waals surface area contributed by atoms with E-state index in [1.54, 1.807) is 6.92 Å². The van der Waals surface area contributed by atoms with Crippen molar-refractivity contribution in [2.75, 3.05) is 4.72 Å². The Morgan fingerprint density at radius 3 is 2.52 bits per heavy atom. The van der Waals surface area contributed by atoms with Crippen molar-refractivity contribution in [1.29, 1.82) is 0 Å². The van der Waals surface area contributed by atoms with E-state index in [-0.39, 0.29) is 10.7 Å². The highest BCUT2D eigenvalue weighted by molar-refractivity contribution is 7.92. The highest BCUT2D eigenvalue weighted by Gasteiger charge is 2.39. The highest BCUT2D eigenvalue weighted by atomic mass is 32.2. The number of aromatic nitrogens is 2. The van der Waals surface area contributed by atoms with Gasteiger partial charge in [0.25, 0.3) is 10.0 Å². The molecule has 23 heavy (non-hydrogen) atoms. The van der Waals surface area contributed by atoms with Crippen LogP contribution in [-0.2, 0) is 17.1 Å². The summed E-state index contributed by atoms with van der Waals surface area (Å²) in [7, 11) is -2.59. The van der Waals surface area contributed by atoms with Crippen LogP contribution in [0.2, 0.25) is 0 Å². The predicted molar refractivity (Wildman–Crippen MR) is 76.2 cm³/mol. The smallest absolute Gasteiger partial charge is 0.379 e. The number of aliphatic hydroxyl groups excluding tert-OH is 1. The van der Waals surface area contributed by atoms with Crippen LogP contribution in [0.3, 0.4) is 0 Å². The van der Waals surface area contributed by atoms with Gasteiger partial charge in [0.2, 0.25) is 0 Å². The standard InChI is InChI=1S/C13H14F3N3O3S/c1-8-7-17-19(2)12(8)23(21,22)18-10-5-3-4-9(6-10)11(20)13(14,15)16/h3-7,11,18,20H,1-2H3. The SMILES string of the molecule is Cc1cnn(C)c1S(=O)(=O)Nc1cccc(C(O)C(F)(F)F)c1. The molecule has 2 rings (SSSR count). The molecular formula is C13H14F3N3O3S. The first-order valence-corrected chi connectivity index (χ1v) is 7.87. The number of anilines is 1. The molecule has 0 fully saturated rings. The molecule has 0 bridgehead atoms. The van der Waals surface area contributed by atoms with Gasteiger partial charge in [-0.1, -0.05) is 12.1 Å². The summed E-state index contributed by atoms with van der Waals surface area (Å²) < 4.78 is 65.6. The molecule has 1 aromatic heterocycles. The number of aliphatic hydroxyl groups is 1. The zero-order valence-electron chi connectivity index (χ0n) is 12.2. The minimum atomic E-state index is -4.84. The summed E-state index contributed by atoms with van der Waals surface area (Å²) in [6.07, 6.45) is -6.17. The quantitative estimate of drug-likeness (QED) is 0.886. The lowest BCUT2D eigenvalue weighted by Crippen LogP contribution is -2.21. The molecule has 0 saturated carbocycles. The lowest BCUT2D eigenvalue weighted by atomic mass is 10.1. The van der Waals surface area contributed by atoms with Gasteiger partial charge in [0.1, 0.15) is 0 Å². The van der Waals surface area contributed by atoms with Crippen LogP contribution in [0.15, 0.2) is 35.5 Å². The van der Waals surface area contributed by atoms with Crippen molar-refractivity contribution in [2.24, 2.45) is 7.05 Å². The molecule has 0 saturated heterocycles. The molecule has 0 aliphatic rings. The fraction of sp³-hybridized carbons (Fsp3) is 0.308. The van der Waals surface area contributed by atoms with Gasteiger partial charge in [0.05, 0.1) is 6.20 Å². The average Bonchev–Trinajstić information content (AvgIpc) is 2.76. The van der Waals surface area contributed by atoms with Gasteiger partial charge < -0.3 is 5.11 Å². The van der Waals surface area contributed by atoms with Crippen molar-refractivity contribution in [3.63, 3.8) is 0 Å². The number of rotatable bonds is 4. The molecule has 10 heteroatoms. The second-order valence-corrected chi connectivity index (χ2v) is 6.53. The summed E-state index contributed by atoms with van der Waals surface area (Å²) in [6.45, 7) is 1.55. The maximum absolute atomic E-state index is 12.5. The largest absolute Gasteiger partial charge is 0.418 e. The summed E-state index contributed by atoms with van der Waals surface area (Å²) >= 11 is 0. The molecule has 2 N–H and O–H groups in total. The van der Waals surface area contributed by atoms with Gasteiger partial charge in [0, 0.05) is 18.3 Å². The van der Waals surface area contributed by atoms with Crippen molar-refractivity contribution >= 4 is 15.7 Å². The summed E-state index contributed by atoms with van der Waals surface area (Å²) in [5, 5.41) is 12.9. The first-order valence-electron chi connectivity index (χ1n) is 6.38. The van der Waals surface area contributed by atoms with Gasteiger partial charge in [-0.2, -0.15) is 26.7 Å². The average molecular weight is 349 g/mol. The molecule has 0 aliphatic carbocycles. The summed E-state index contributed by atoms with van der Waals surface area (Å²) in [4.78, 5) is 0. The first kappa shape index (κ1) is 17.3. The Morgan fingerprint density at radius 1 is 1.35 bits per heavy atom. The Balaban J connectivity index is 2.34. The molecule has 0 spiro atoms. The van der Waals surface area contributed by atoms with Crippen LogP contribution in [0, 0.1) is 6.92 Å². The fourth-order valence-corrected chi connectivity index (χ4v) is 3.49.